The number of allylic oxidation sites excluding steroid dienone is 1. The molecule has 0 bridgehead atoms. The third-order valence-corrected chi connectivity index (χ3v) is 6.67. The Balaban J connectivity index is 1.71. The van der Waals surface area contributed by atoms with E-state index < -0.39 is 12.0 Å². The van der Waals surface area contributed by atoms with E-state index in [1.165, 1.54) is 24.0 Å². The van der Waals surface area contributed by atoms with E-state index in [4.69, 9.17) is 9.72 Å². The van der Waals surface area contributed by atoms with Crippen molar-refractivity contribution in [1.29, 1.82) is 0 Å². The molecule has 1 atom stereocenters. The number of thiazole rings is 1. The van der Waals surface area contributed by atoms with Gasteiger partial charge in [-0.15, -0.1) is 0 Å². The number of esters is 1. The van der Waals surface area contributed by atoms with Gasteiger partial charge in [0.15, 0.2) is 4.80 Å². The van der Waals surface area contributed by atoms with E-state index in [0.717, 1.165) is 16.5 Å². The quantitative estimate of drug-likeness (QED) is 0.445. The molecule has 0 amide bonds. The largest absolute Gasteiger partial charge is 0.466 e. The van der Waals surface area contributed by atoms with E-state index in [-0.39, 0.29) is 5.56 Å². The summed E-state index contributed by atoms with van der Waals surface area (Å²) in [7, 11) is 1.34. The normalized spacial score (nSPS) is 16.0. The first-order valence-electron chi connectivity index (χ1n) is 10.5. The zero-order valence-corrected chi connectivity index (χ0v) is 19.2. The number of pyridine rings is 1. The first kappa shape index (κ1) is 21.0. The van der Waals surface area contributed by atoms with Gasteiger partial charge in [-0.25, -0.2) is 14.8 Å². The Labute approximate surface area is 193 Å². The standard InChI is InChI=1S/C26H21N3O3S/c1-15-9-12-20-18(13-15)10-11-19(28-20)14-21-24(30)29-23(17-7-5-4-6-8-17)22(25(31)32-3)16(2)27-26(29)33-21/h4-14,23H,1-3H3/b21-14-. The number of nitrogens with zero attached hydrogens (tertiary/aromatic N) is 3. The van der Waals surface area contributed by atoms with Gasteiger partial charge in [0.05, 0.1) is 40.2 Å². The topological polar surface area (TPSA) is 73.6 Å². The Hall–Kier alpha value is -3.84. The third kappa shape index (κ3) is 3.70. The summed E-state index contributed by atoms with van der Waals surface area (Å²) in [4.78, 5) is 36.0. The fourth-order valence-electron chi connectivity index (χ4n) is 4.12. The van der Waals surface area contributed by atoms with Crippen LogP contribution in [0.25, 0.3) is 17.0 Å². The van der Waals surface area contributed by atoms with Crippen molar-refractivity contribution in [1.82, 2.24) is 9.55 Å². The van der Waals surface area contributed by atoms with Crippen molar-refractivity contribution in [3.05, 3.63) is 108 Å². The zero-order chi connectivity index (χ0) is 23.1. The average Bonchev–Trinajstić information content (AvgIpc) is 3.12. The van der Waals surface area contributed by atoms with E-state index in [0.29, 0.717) is 26.3 Å². The lowest BCUT2D eigenvalue weighted by Crippen LogP contribution is -2.39. The van der Waals surface area contributed by atoms with Crippen molar-refractivity contribution < 1.29 is 9.53 Å². The maximum absolute atomic E-state index is 13.6. The van der Waals surface area contributed by atoms with E-state index in [1.54, 1.807) is 17.6 Å². The summed E-state index contributed by atoms with van der Waals surface area (Å²) in [5, 5.41) is 1.05. The smallest absolute Gasteiger partial charge is 0.338 e. The van der Waals surface area contributed by atoms with E-state index in [1.807, 2.05) is 61.5 Å². The number of carbonyl (C=O) groups is 1. The molecular weight excluding hydrogens is 434 g/mol. The molecule has 1 unspecified atom stereocenters. The zero-order valence-electron chi connectivity index (χ0n) is 18.4. The number of ether oxygens (including phenoxy) is 1. The summed E-state index contributed by atoms with van der Waals surface area (Å²) in [6, 6.07) is 18.8. The fraction of sp³-hybridized carbons (Fsp3) is 0.154. The number of benzene rings is 2. The van der Waals surface area contributed by atoms with Gasteiger partial charge in [-0.3, -0.25) is 9.36 Å². The van der Waals surface area contributed by atoms with Gasteiger partial charge in [0, 0.05) is 5.39 Å². The summed E-state index contributed by atoms with van der Waals surface area (Å²) in [6.45, 7) is 3.81. The van der Waals surface area contributed by atoms with Crippen molar-refractivity contribution in [2.75, 3.05) is 7.11 Å². The van der Waals surface area contributed by atoms with Crippen LogP contribution in [0, 0.1) is 6.92 Å². The van der Waals surface area contributed by atoms with E-state index >= 15 is 0 Å². The van der Waals surface area contributed by atoms with Crippen molar-refractivity contribution in [3.8, 4) is 0 Å². The number of aromatic nitrogens is 2. The number of aryl methyl sites for hydroxylation is 1. The van der Waals surface area contributed by atoms with Crippen LogP contribution in [0.3, 0.4) is 0 Å². The predicted molar refractivity (Wildman–Crippen MR) is 129 cm³/mol. The van der Waals surface area contributed by atoms with Crippen LogP contribution in [0.2, 0.25) is 0 Å². The molecule has 0 spiro atoms. The van der Waals surface area contributed by atoms with Crippen LogP contribution in [-0.2, 0) is 9.53 Å². The second-order valence-corrected chi connectivity index (χ2v) is 8.93. The lowest BCUT2D eigenvalue weighted by Gasteiger charge is -2.24. The minimum Gasteiger partial charge on any atom is -0.466 e. The van der Waals surface area contributed by atoms with Gasteiger partial charge in [-0.1, -0.05) is 59.4 Å². The molecule has 33 heavy (non-hydrogen) atoms. The summed E-state index contributed by atoms with van der Waals surface area (Å²) >= 11 is 1.29. The van der Waals surface area contributed by atoms with Crippen LogP contribution >= 0.6 is 11.3 Å². The molecule has 1 aliphatic rings. The number of rotatable bonds is 3. The van der Waals surface area contributed by atoms with E-state index in [9.17, 15) is 9.59 Å². The molecule has 3 heterocycles. The summed E-state index contributed by atoms with van der Waals surface area (Å²) in [6.07, 6.45) is 1.78. The van der Waals surface area contributed by atoms with Gasteiger partial charge in [-0.05, 0) is 43.7 Å². The summed E-state index contributed by atoms with van der Waals surface area (Å²) in [5.74, 6) is -0.495. The average molecular weight is 456 g/mol. The van der Waals surface area contributed by atoms with Crippen LogP contribution in [0.5, 0.6) is 0 Å². The van der Waals surface area contributed by atoms with Crippen LogP contribution in [0.15, 0.2) is 81.7 Å². The lowest BCUT2D eigenvalue weighted by atomic mass is 9.96. The van der Waals surface area contributed by atoms with Gasteiger partial charge in [0.1, 0.15) is 0 Å². The molecule has 0 aliphatic carbocycles. The minimum absolute atomic E-state index is 0.215. The Morgan fingerprint density at radius 1 is 1.09 bits per heavy atom. The molecule has 0 N–H and O–H groups in total. The highest BCUT2D eigenvalue weighted by Gasteiger charge is 2.32. The Morgan fingerprint density at radius 2 is 1.88 bits per heavy atom. The Kier molecular flexibility index (Phi) is 5.26. The van der Waals surface area contributed by atoms with Crippen LogP contribution in [-0.4, -0.2) is 22.6 Å². The molecule has 0 saturated carbocycles. The van der Waals surface area contributed by atoms with Crippen LogP contribution < -0.4 is 14.9 Å². The lowest BCUT2D eigenvalue weighted by molar-refractivity contribution is -0.136. The second-order valence-electron chi connectivity index (χ2n) is 7.92. The molecule has 5 rings (SSSR count). The van der Waals surface area contributed by atoms with Gasteiger partial charge in [0.2, 0.25) is 0 Å². The predicted octanol–water partition coefficient (Wildman–Crippen LogP) is 3.26. The van der Waals surface area contributed by atoms with Crippen LogP contribution in [0.4, 0.5) is 0 Å². The number of hydrogen-bond donors (Lipinski definition) is 0. The molecule has 0 fully saturated rings. The molecule has 2 aromatic heterocycles. The molecule has 2 aromatic carbocycles. The number of methoxy groups -OCH3 is 1. The molecule has 0 radical (unpaired) electrons. The highest BCUT2D eigenvalue weighted by Crippen LogP contribution is 2.30. The number of hydrogen-bond acceptors (Lipinski definition) is 6. The first-order chi connectivity index (χ1) is 16.0. The molecule has 164 valence electrons. The third-order valence-electron chi connectivity index (χ3n) is 5.69. The Bertz CT molecular complexity index is 1610. The molecule has 6 nitrogen and oxygen atoms in total. The van der Waals surface area contributed by atoms with Gasteiger partial charge in [0.25, 0.3) is 5.56 Å². The molecule has 7 heteroatoms. The van der Waals surface area contributed by atoms with Gasteiger partial charge >= 0.3 is 5.97 Å². The second kappa shape index (κ2) is 8.26. The van der Waals surface area contributed by atoms with Crippen molar-refractivity contribution in [2.24, 2.45) is 4.99 Å². The van der Waals surface area contributed by atoms with Crippen molar-refractivity contribution >= 4 is 34.3 Å². The van der Waals surface area contributed by atoms with E-state index in [2.05, 4.69) is 11.1 Å². The SMILES string of the molecule is COC(=O)C1=C(C)N=c2s/c(=C\c3ccc4cc(C)ccc4n3)c(=O)n2C1c1ccccc1. The summed E-state index contributed by atoms with van der Waals surface area (Å²) in [5.41, 5.74) is 4.24. The van der Waals surface area contributed by atoms with Crippen molar-refractivity contribution in [2.45, 2.75) is 19.9 Å². The van der Waals surface area contributed by atoms with Gasteiger partial charge in [-0.2, -0.15) is 0 Å². The molecule has 1 aliphatic heterocycles. The summed E-state index contributed by atoms with van der Waals surface area (Å²) < 4.78 is 7.12. The first-order valence-corrected chi connectivity index (χ1v) is 11.3. The maximum Gasteiger partial charge on any atom is 0.338 e. The van der Waals surface area contributed by atoms with Crippen molar-refractivity contribution in [3.63, 3.8) is 0 Å². The minimum atomic E-state index is -0.607. The van der Waals surface area contributed by atoms with Crippen LogP contribution in [0.1, 0.15) is 29.8 Å². The molecule has 4 aromatic rings. The monoisotopic (exact) mass is 455 g/mol. The van der Waals surface area contributed by atoms with Gasteiger partial charge < -0.3 is 4.74 Å². The Morgan fingerprint density at radius 3 is 2.64 bits per heavy atom. The number of fused-ring (bicyclic) bond motifs is 2. The molecule has 0 saturated heterocycles. The fourth-order valence-corrected chi connectivity index (χ4v) is 5.15. The number of carbonyl (C=O) groups excluding carboxylic acids is 1. The highest BCUT2D eigenvalue weighted by atomic mass is 32.1. The highest BCUT2D eigenvalue weighted by molar-refractivity contribution is 7.07. The maximum atomic E-state index is 13.6. The molecular formula is C26H21N3O3S.